The first-order valence-corrected chi connectivity index (χ1v) is 21.2. The number of benzene rings is 6. The van der Waals surface area contributed by atoms with Crippen molar-refractivity contribution < 1.29 is 63.9 Å². The zero-order valence-electron chi connectivity index (χ0n) is 31.1. The quantitative estimate of drug-likeness (QED) is 0.0207. The molecule has 0 spiro atoms. The van der Waals surface area contributed by atoms with Crippen LogP contribution in [0.25, 0.3) is 22.9 Å². The fraction of sp³-hybridized carbons (Fsp3) is 0.0270. The van der Waals surface area contributed by atoms with E-state index in [4.69, 9.17) is 4.74 Å². The Morgan fingerprint density at radius 3 is 1.73 bits per heavy atom. The van der Waals surface area contributed by atoms with Gasteiger partial charge in [0.1, 0.15) is 49.0 Å². The molecule has 0 aliphatic carbocycles. The fourth-order valence-electron chi connectivity index (χ4n) is 5.54. The maximum atomic E-state index is 12.4. The summed E-state index contributed by atoms with van der Waals surface area (Å²) in [5.41, 5.74) is -1.85. The van der Waals surface area contributed by atoms with Crippen LogP contribution in [-0.2, 0) is 30.4 Å². The Labute approximate surface area is 349 Å². The van der Waals surface area contributed by atoms with Crippen molar-refractivity contribution in [1.82, 2.24) is 0 Å². The van der Waals surface area contributed by atoms with Gasteiger partial charge < -0.3 is 20.1 Å². The molecule has 6 aromatic rings. The third-order valence-corrected chi connectivity index (χ3v) is 11.1. The first-order chi connectivity index (χ1) is 29.1. The summed E-state index contributed by atoms with van der Waals surface area (Å²) in [7, 11) is -13.8. The second-order valence-electron chi connectivity index (χ2n) is 12.6. The number of hydrogen-bond acceptors (Lipinski definition) is 18. The molecule has 0 atom stereocenters. The molecule has 0 aliphatic rings. The van der Waals surface area contributed by atoms with Crippen LogP contribution in [0.5, 0.6) is 23.0 Å². The summed E-state index contributed by atoms with van der Waals surface area (Å²) in [6, 6.07) is 18.9. The van der Waals surface area contributed by atoms with Gasteiger partial charge in [0, 0.05) is 29.7 Å². The molecule has 0 radical (unpaired) electrons. The first-order valence-electron chi connectivity index (χ1n) is 16.9. The van der Waals surface area contributed by atoms with E-state index < -0.39 is 72.8 Å². The van der Waals surface area contributed by atoms with Gasteiger partial charge in [-0.05, 0) is 83.2 Å². The molecule has 62 heavy (non-hydrogen) atoms. The van der Waals surface area contributed by atoms with Gasteiger partial charge in [-0.1, -0.05) is 18.2 Å². The number of ether oxygens (including phenoxy) is 1. The van der Waals surface area contributed by atoms with Crippen molar-refractivity contribution in [2.24, 2.45) is 30.7 Å². The highest BCUT2D eigenvalue weighted by atomic mass is 32.2. The van der Waals surface area contributed by atoms with E-state index in [9.17, 15) is 64.3 Å². The number of phenolic OH excluding ortho intramolecular Hbond substituents is 3. The molecule has 0 bridgehead atoms. The maximum Gasteiger partial charge on any atom is 0.296 e. The molecule has 22 nitrogen and oxygen atoms in total. The summed E-state index contributed by atoms with van der Waals surface area (Å²) in [4.78, 5) is 7.80. The molecule has 0 aliphatic heterocycles. The zero-order chi connectivity index (χ0) is 45.1. The highest BCUT2D eigenvalue weighted by Crippen LogP contribution is 2.45. The van der Waals surface area contributed by atoms with Crippen molar-refractivity contribution in [3.05, 3.63) is 118 Å². The van der Waals surface area contributed by atoms with Gasteiger partial charge in [-0.2, -0.15) is 40.6 Å². The van der Waals surface area contributed by atoms with Crippen molar-refractivity contribution in [1.29, 1.82) is 0 Å². The molecule has 0 amide bonds. The monoisotopic (exact) mass is 905 g/mol. The molecular weight excluding hydrogens is 879 g/mol. The van der Waals surface area contributed by atoms with E-state index in [0.717, 1.165) is 54.6 Å². The normalized spacial score (nSPS) is 12.6. The first kappa shape index (κ1) is 44.0. The van der Waals surface area contributed by atoms with Crippen LogP contribution < -0.4 is 4.74 Å². The largest absolute Gasteiger partial charge is 0.508 e. The van der Waals surface area contributed by atoms with Crippen LogP contribution in [0, 0.1) is 10.1 Å². The van der Waals surface area contributed by atoms with Crippen molar-refractivity contribution in [3.63, 3.8) is 0 Å². The molecule has 0 fully saturated rings. The molecule has 25 heteroatoms. The summed E-state index contributed by atoms with van der Waals surface area (Å²) in [6.45, 7) is 0. The molecule has 0 unspecified atom stereocenters. The second-order valence-corrected chi connectivity index (χ2v) is 16.7. The highest BCUT2D eigenvalue weighted by molar-refractivity contribution is 7.86. The molecule has 0 heterocycles. The van der Waals surface area contributed by atoms with E-state index in [-0.39, 0.29) is 56.1 Å². The van der Waals surface area contributed by atoms with Crippen LogP contribution in [0.2, 0.25) is 0 Å². The molecule has 318 valence electrons. The number of nitrogens with zero attached hydrogens (tertiary/aromatic N) is 7. The summed E-state index contributed by atoms with van der Waals surface area (Å²) in [6.07, 6.45) is 2.08. The topological polar surface area (TPSA) is 350 Å². The number of azo groups is 3. The lowest BCUT2D eigenvalue weighted by Gasteiger charge is -2.10. The van der Waals surface area contributed by atoms with Gasteiger partial charge in [-0.15, -0.1) is 15.3 Å². The number of nitro benzene ring substituents is 1. The predicted octanol–water partition coefficient (Wildman–Crippen LogP) is 9.03. The number of phenols is 3. The Morgan fingerprint density at radius 1 is 0.581 bits per heavy atom. The van der Waals surface area contributed by atoms with E-state index >= 15 is 0 Å². The number of rotatable bonds is 13. The molecule has 0 saturated heterocycles. The number of fused-ring (bicyclic) bond motifs is 1. The Balaban J connectivity index is 1.30. The van der Waals surface area contributed by atoms with Crippen molar-refractivity contribution in [3.8, 4) is 23.0 Å². The third-order valence-electron chi connectivity index (χ3n) is 8.45. The number of nitro groups is 1. The smallest absolute Gasteiger partial charge is 0.296 e. The van der Waals surface area contributed by atoms with E-state index in [1.54, 1.807) is 0 Å². The van der Waals surface area contributed by atoms with Gasteiger partial charge in [-0.25, -0.2) is 0 Å². The Morgan fingerprint density at radius 2 is 1.11 bits per heavy atom. The van der Waals surface area contributed by atoms with E-state index in [0.29, 0.717) is 11.8 Å². The summed E-state index contributed by atoms with van der Waals surface area (Å²) in [5.74, 6) is -1.43. The van der Waals surface area contributed by atoms with Gasteiger partial charge in [0.05, 0.1) is 29.1 Å². The Kier molecular flexibility index (Phi) is 12.2. The summed E-state index contributed by atoms with van der Waals surface area (Å²) >= 11 is 0. The summed E-state index contributed by atoms with van der Waals surface area (Å²) < 4.78 is 108. The van der Waals surface area contributed by atoms with Gasteiger partial charge >= 0.3 is 0 Å². The van der Waals surface area contributed by atoms with Crippen LogP contribution in [-0.4, -0.2) is 66.3 Å². The van der Waals surface area contributed by atoms with Gasteiger partial charge in [0.2, 0.25) is 0 Å². The molecular formula is C37H27N7O15S3. The fourth-order valence-corrected chi connectivity index (χ4v) is 7.60. The van der Waals surface area contributed by atoms with Crippen LogP contribution in [0.1, 0.15) is 11.1 Å². The number of aromatic hydroxyl groups is 3. The van der Waals surface area contributed by atoms with Crippen molar-refractivity contribution in [2.75, 3.05) is 7.11 Å². The molecule has 6 aromatic carbocycles. The zero-order valence-corrected chi connectivity index (χ0v) is 33.6. The highest BCUT2D eigenvalue weighted by Gasteiger charge is 2.23. The van der Waals surface area contributed by atoms with Crippen LogP contribution in [0.3, 0.4) is 0 Å². The van der Waals surface area contributed by atoms with E-state index in [2.05, 4.69) is 30.7 Å². The van der Waals surface area contributed by atoms with E-state index in [1.165, 1.54) is 55.6 Å². The Hall–Kier alpha value is -7.55. The molecule has 0 saturated carbocycles. The van der Waals surface area contributed by atoms with E-state index in [1.807, 2.05) is 0 Å². The van der Waals surface area contributed by atoms with Crippen LogP contribution >= 0.6 is 0 Å². The van der Waals surface area contributed by atoms with Crippen molar-refractivity contribution in [2.45, 2.75) is 14.7 Å². The SMILES string of the molecule is COc1cc(N=Nc2c(S(=O)(=O)O)cc3cc(/N=N/c4ccc(O)cc4)ccc3c2O)c(O)cc1/N=N/c1ccc(/C=C/c2ccc([N+](=O)[O-])cc2S(=O)(=O)O)c(S(=O)(=O)O)c1. The lowest BCUT2D eigenvalue weighted by atomic mass is 10.1. The van der Waals surface area contributed by atoms with Crippen LogP contribution in [0.4, 0.5) is 39.8 Å². The lowest BCUT2D eigenvalue weighted by molar-refractivity contribution is -0.385. The second kappa shape index (κ2) is 17.2. The molecule has 6 rings (SSSR count). The maximum absolute atomic E-state index is 12.4. The van der Waals surface area contributed by atoms with Gasteiger partial charge in [0.25, 0.3) is 36.0 Å². The van der Waals surface area contributed by atoms with Gasteiger partial charge in [0.15, 0.2) is 5.75 Å². The standard InChI is InChI=1S/C37H27N7O15S3/c1-59-32-19-29(41-43-36-35(62(56,57)58)15-22-14-24(9-13-28(22)37(36)47)39-38-23-7-11-27(45)12-8-23)31(46)18-30(32)42-40-25-6-4-20(33(16-25)60(50,51)52)2-3-21-5-10-26(44(48)49)17-34(21)61(53,54)55/h2-19,45-47H,1H3,(H,50,51,52)(H,53,54,55)(H,56,57,58)/b3-2+,39-38+,42-40+,43-41?. The molecule has 0 aromatic heterocycles. The lowest BCUT2D eigenvalue weighted by Crippen LogP contribution is -2.02. The number of non-ortho nitro benzene ring substituents is 1. The predicted molar refractivity (Wildman–Crippen MR) is 219 cm³/mol. The minimum atomic E-state index is -5.04. The average Bonchev–Trinajstić information content (AvgIpc) is 3.20. The van der Waals surface area contributed by atoms with Crippen LogP contribution in [0.15, 0.2) is 142 Å². The minimum Gasteiger partial charge on any atom is -0.508 e. The Bertz CT molecular complexity index is 3270. The van der Waals surface area contributed by atoms with Gasteiger partial charge in [-0.3, -0.25) is 23.8 Å². The third kappa shape index (κ3) is 10.1. The summed E-state index contributed by atoms with van der Waals surface area (Å²) in [5, 5.41) is 66.3. The number of hydrogen-bond donors (Lipinski definition) is 6. The number of methoxy groups -OCH3 is 1. The molecule has 6 N–H and O–H groups in total. The van der Waals surface area contributed by atoms with Crippen molar-refractivity contribution >= 4 is 93.1 Å². The average molecular weight is 906 g/mol. The minimum absolute atomic E-state index is 0.0215.